The molecular weight excluding hydrogens is 388 g/mol. The topological polar surface area (TPSA) is 58.2 Å². The van der Waals surface area contributed by atoms with Crippen molar-refractivity contribution in [2.24, 2.45) is 0 Å². The molecule has 0 bridgehead atoms. The predicted octanol–water partition coefficient (Wildman–Crippen LogP) is 3.93. The molecule has 3 aromatic carbocycles. The van der Waals surface area contributed by atoms with Gasteiger partial charge in [-0.05, 0) is 49.2 Å². The zero-order chi connectivity index (χ0) is 19.9. The van der Waals surface area contributed by atoms with Crippen LogP contribution in [0.3, 0.4) is 0 Å². The van der Waals surface area contributed by atoms with Gasteiger partial charge in [0.2, 0.25) is 0 Å². The van der Waals surface area contributed by atoms with Gasteiger partial charge in [-0.3, -0.25) is 0 Å². The Morgan fingerprint density at radius 1 is 0.643 bits per heavy atom. The first kappa shape index (κ1) is 20.6. The average Bonchev–Trinajstić information content (AvgIpc) is 2.71. The number of rotatable bonds is 8. The fraction of sp³-hybridized carbons (Fsp3) is 0.182. The molecule has 3 aromatic rings. The highest BCUT2D eigenvalue weighted by atomic mass is 32.2. The largest absolute Gasteiger partial charge is 0.237 e. The lowest BCUT2D eigenvalue weighted by Gasteiger charge is -2.09. The lowest BCUT2D eigenvalue weighted by Crippen LogP contribution is -2.18. The summed E-state index contributed by atoms with van der Waals surface area (Å²) in [5.74, 6) is 0. The molecule has 146 valence electrons. The fourth-order valence-corrected chi connectivity index (χ4v) is 4.33. The summed E-state index contributed by atoms with van der Waals surface area (Å²) in [6, 6.07) is 23.3. The first-order valence-electron chi connectivity index (χ1n) is 9.03. The third-order valence-electron chi connectivity index (χ3n) is 4.28. The van der Waals surface area contributed by atoms with E-state index in [0.717, 1.165) is 32.0 Å². The zero-order valence-electron chi connectivity index (χ0n) is 16.0. The Labute approximate surface area is 171 Å². The Morgan fingerprint density at radius 3 is 1.43 bits per heavy atom. The fourth-order valence-electron chi connectivity index (χ4n) is 2.64. The van der Waals surface area contributed by atoms with Gasteiger partial charge < -0.3 is 0 Å². The van der Waals surface area contributed by atoms with E-state index in [1.54, 1.807) is 0 Å². The molecule has 0 saturated carbocycles. The number of hydrogen-bond acceptors (Lipinski definition) is 2. The third kappa shape index (κ3) is 5.94. The number of hydrogen-bond donors (Lipinski definition) is 2. The summed E-state index contributed by atoms with van der Waals surface area (Å²) in [6.45, 7) is 5.00. The maximum Gasteiger partial charge on any atom is 0.125 e. The van der Waals surface area contributed by atoms with Gasteiger partial charge in [0.05, 0.1) is 9.79 Å². The highest BCUT2D eigenvalue weighted by Gasteiger charge is 2.06. The molecule has 6 heteroatoms. The van der Waals surface area contributed by atoms with Crippen LogP contribution in [-0.2, 0) is 35.1 Å². The summed E-state index contributed by atoms with van der Waals surface area (Å²) in [5.41, 5.74) is 4.34. The van der Waals surface area contributed by atoms with E-state index in [0.29, 0.717) is 13.1 Å². The minimum Gasteiger partial charge on any atom is -0.237 e. The average molecular weight is 413 g/mol. The van der Waals surface area contributed by atoms with Gasteiger partial charge in [0.25, 0.3) is 0 Å². The molecule has 0 aliphatic heterocycles. The summed E-state index contributed by atoms with van der Waals surface area (Å²) >= 11 is 0. The Kier molecular flexibility index (Phi) is 7.28. The second-order valence-corrected chi connectivity index (χ2v) is 9.22. The van der Waals surface area contributed by atoms with Crippen LogP contribution in [0.1, 0.15) is 22.3 Å². The van der Waals surface area contributed by atoms with Gasteiger partial charge in [-0.25, -0.2) is 17.9 Å². The lowest BCUT2D eigenvalue weighted by atomic mass is 10.1. The molecule has 0 aliphatic rings. The van der Waals surface area contributed by atoms with Crippen molar-refractivity contribution in [2.45, 2.75) is 36.7 Å². The van der Waals surface area contributed by atoms with Crippen LogP contribution in [-0.4, -0.2) is 8.42 Å². The van der Waals surface area contributed by atoms with E-state index < -0.39 is 22.0 Å². The highest BCUT2D eigenvalue weighted by Crippen LogP contribution is 2.11. The first-order chi connectivity index (χ1) is 13.5. The van der Waals surface area contributed by atoms with Gasteiger partial charge in [-0.15, -0.1) is 0 Å². The van der Waals surface area contributed by atoms with Crippen molar-refractivity contribution in [3.63, 3.8) is 0 Å². The predicted molar refractivity (Wildman–Crippen MR) is 115 cm³/mol. The summed E-state index contributed by atoms with van der Waals surface area (Å²) in [6.07, 6.45) is 0. The minimum atomic E-state index is -1.25. The van der Waals surface area contributed by atoms with E-state index >= 15 is 0 Å². The molecule has 0 aromatic heterocycles. The standard InChI is InChI=1S/C22H24N2O2S2/c1-17-6-10-21(11-7-17)27(25)23-15-19-4-3-5-20(14-19)16-24-28(26)22-12-8-18(2)9-13-22/h3-14,23-24H,15-16H2,1-2H3/t27-,28-/m0/s1. The number of nitrogens with one attached hydrogen (secondary N) is 2. The molecule has 0 amide bonds. The minimum absolute atomic E-state index is 0.495. The molecule has 0 spiro atoms. The maximum atomic E-state index is 12.4. The third-order valence-corrected chi connectivity index (χ3v) is 6.49. The van der Waals surface area contributed by atoms with E-state index in [9.17, 15) is 8.42 Å². The summed E-state index contributed by atoms with van der Waals surface area (Å²) < 4.78 is 30.8. The van der Waals surface area contributed by atoms with Crippen molar-refractivity contribution in [3.8, 4) is 0 Å². The maximum absolute atomic E-state index is 12.4. The summed E-state index contributed by atoms with van der Waals surface area (Å²) in [7, 11) is -2.50. The molecule has 2 atom stereocenters. The first-order valence-corrected chi connectivity index (χ1v) is 11.3. The van der Waals surface area contributed by atoms with Crippen molar-refractivity contribution in [2.75, 3.05) is 0 Å². The zero-order valence-corrected chi connectivity index (χ0v) is 17.6. The Bertz CT molecular complexity index is 894. The van der Waals surface area contributed by atoms with Gasteiger partial charge >= 0.3 is 0 Å². The molecule has 2 N–H and O–H groups in total. The van der Waals surface area contributed by atoms with E-state index in [4.69, 9.17) is 0 Å². The number of aryl methyl sites for hydroxylation is 2. The van der Waals surface area contributed by atoms with E-state index in [2.05, 4.69) is 9.44 Å². The normalized spacial score (nSPS) is 13.2. The smallest absolute Gasteiger partial charge is 0.125 e. The van der Waals surface area contributed by atoms with Crippen molar-refractivity contribution >= 4 is 22.0 Å². The molecule has 0 fully saturated rings. The molecule has 0 aliphatic carbocycles. The van der Waals surface area contributed by atoms with Crippen LogP contribution in [0.4, 0.5) is 0 Å². The van der Waals surface area contributed by atoms with Gasteiger partial charge in [-0.2, -0.15) is 0 Å². The molecule has 0 radical (unpaired) electrons. The Hall–Kier alpha value is -2.12. The van der Waals surface area contributed by atoms with Crippen molar-refractivity contribution in [1.29, 1.82) is 0 Å². The number of benzene rings is 3. The molecular formula is C22H24N2O2S2. The molecule has 28 heavy (non-hydrogen) atoms. The van der Waals surface area contributed by atoms with Gasteiger partial charge in [0, 0.05) is 13.1 Å². The second kappa shape index (κ2) is 9.89. The Balaban J connectivity index is 1.54. The van der Waals surface area contributed by atoms with Gasteiger partial charge in [0.15, 0.2) is 0 Å². The van der Waals surface area contributed by atoms with E-state index in [-0.39, 0.29) is 0 Å². The monoisotopic (exact) mass is 412 g/mol. The van der Waals surface area contributed by atoms with Crippen LogP contribution in [0.5, 0.6) is 0 Å². The van der Waals surface area contributed by atoms with Crippen LogP contribution < -0.4 is 9.44 Å². The van der Waals surface area contributed by atoms with Crippen LogP contribution in [0.25, 0.3) is 0 Å². The van der Waals surface area contributed by atoms with Crippen molar-refractivity contribution < 1.29 is 8.42 Å². The van der Waals surface area contributed by atoms with Crippen LogP contribution >= 0.6 is 0 Å². The van der Waals surface area contributed by atoms with E-state index in [1.807, 2.05) is 86.6 Å². The van der Waals surface area contributed by atoms with Gasteiger partial charge in [0.1, 0.15) is 22.0 Å². The summed E-state index contributed by atoms with van der Waals surface area (Å²) in [5, 5.41) is 0. The lowest BCUT2D eigenvalue weighted by molar-refractivity contribution is 0.671. The van der Waals surface area contributed by atoms with Crippen molar-refractivity contribution in [1.82, 2.24) is 9.44 Å². The molecule has 4 nitrogen and oxygen atoms in total. The highest BCUT2D eigenvalue weighted by molar-refractivity contribution is 7.83. The van der Waals surface area contributed by atoms with E-state index in [1.165, 1.54) is 0 Å². The molecule has 0 saturated heterocycles. The summed E-state index contributed by atoms with van der Waals surface area (Å²) in [4.78, 5) is 1.52. The Morgan fingerprint density at radius 2 is 1.04 bits per heavy atom. The van der Waals surface area contributed by atoms with Crippen molar-refractivity contribution in [3.05, 3.63) is 95.1 Å². The SMILES string of the molecule is Cc1ccc([S@](=O)NCc2cccc(CN[S@@](=O)c3ccc(C)cc3)c2)cc1. The molecule has 0 heterocycles. The van der Waals surface area contributed by atoms with Crippen LogP contribution in [0, 0.1) is 13.8 Å². The van der Waals surface area contributed by atoms with Crippen LogP contribution in [0.15, 0.2) is 82.6 Å². The molecule has 3 rings (SSSR count). The quantitative estimate of drug-likeness (QED) is 0.589. The molecule has 0 unspecified atom stereocenters. The second-order valence-electron chi connectivity index (χ2n) is 6.63. The van der Waals surface area contributed by atoms with Gasteiger partial charge in [-0.1, -0.05) is 59.7 Å². The van der Waals surface area contributed by atoms with Crippen LogP contribution in [0.2, 0.25) is 0 Å².